The van der Waals surface area contributed by atoms with Crippen LogP contribution in [0.15, 0.2) is 89.0 Å². The van der Waals surface area contributed by atoms with Crippen molar-refractivity contribution < 1.29 is 51.4 Å². The summed E-state index contributed by atoms with van der Waals surface area (Å²) in [6.45, 7) is 17.1. The average molecular weight is 1330 g/mol. The average Bonchev–Trinajstić information content (AvgIpc) is 1.70. The molecule has 498 valence electrons. The number of ether oxygens (including phenoxy) is 4. The summed E-state index contributed by atoms with van der Waals surface area (Å²) in [6, 6.07) is 22.2. The number of carbonyl (C=O) groups excluding carboxylic acids is 3. The summed E-state index contributed by atoms with van der Waals surface area (Å²) < 4.78 is 54.4. The van der Waals surface area contributed by atoms with Gasteiger partial charge in [-0.1, -0.05) is 55.4 Å². The zero-order valence-corrected chi connectivity index (χ0v) is 56.4. The van der Waals surface area contributed by atoms with Crippen LogP contribution < -0.4 is 30.5 Å². The van der Waals surface area contributed by atoms with Crippen molar-refractivity contribution in [1.29, 1.82) is 0 Å². The third-order valence-corrected chi connectivity index (χ3v) is 23.4. The Morgan fingerprint density at radius 3 is 2.25 bits per heavy atom. The molecule has 5 saturated heterocycles. The fourth-order valence-corrected chi connectivity index (χ4v) is 17.9. The molecule has 23 nitrogen and oxygen atoms in total. The van der Waals surface area contributed by atoms with Crippen molar-refractivity contribution in [3.8, 4) is 33.3 Å². The molecule has 93 heavy (non-hydrogen) atoms. The van der Waals surface area contributed by atoms with Gasteiger partial charge in [0.25, 0.3) is 0 Å². The number of pyridine rings is 1. The van der Waals surface area contributed by atoms with E-state index in [1.54, 1.807) is 37.3 Å². The lowest BCUT2D eigenvalue weighted by Gasteiger charge is -2.43. The molecular weight excluding hydrogens is 1250 g/mol. The number of piperidine rings is 2. The third kappa shape index (κ3) is 15.5. The SMILES string of the molecule is Cc1ncsc1-c1ccc([C@H](C)NC(=O)[C@@H]2C[C@@H](OC(=O)OC(C)C(C)SS(C)(=O)=O)CN2C(=O)C(c2cc(N3CCC(CN4CCC(O[C@H]5C[C@H](Oc6cc(N7C8CCC7CN(c7cc(-c9ccccc9O)nnc7N)C8)ccn6)C5)CC4)CC3)no2)C(C)C)cc1. The fourth-order valence-electron chi connectivity index (χ4n) is 14.2. The van der Waals surface area contributed by atoms with Gasteiger partial charge in [-0.25, -0.2) is 23.2 Å². The maximum Gasteiger partial charge on any atom is 0.508 e. The van der Waals surface area contributed by atoms with Gasteiger partial charge in [0.2, 0.25) is 17.7 Å². The molecule has 0 radical (unpaired) electrons. The van der Waals surface area contributed by atoms with E-state index in [2.05, 4.69) is 62.4 Å². The van der Waals surface area contributed by atoms with E-state index < -0.39 is 56.4 Å². The molecule has 5 unspecified atom stereocenters. The molecule has 1 aliphatic carbocycles. The van der Waals surface area contributed by atoms with Crippen molar-refractivity contribution in [2.45, 2.75) is 165 Å². The Labute approximate surface area is 551 Å². The number of hydrogen-bond acceptors (Lipinski definition) is 23. The van der Waals surface area contributed by atoms with Crippen molar-refractivity contribution in [1.82, 2.24) is 40.4 Å². The number of nitrogens with zero attached hydrogens (tertiary/aromatic N) is 10. The molecule has 8 atom stereocenters. The second kappa shape index (κ2) is 28.4. The van der Waals surface area contributed by atoms with Gasteiger partial charge in [0.1, 0.15) is 36.0 Å². The number of aromatic nitrogens is 5. The van der Waals surface area contributed by atoms with E-state index in [1.807, 2.05) is 87.9 Å². The molecule has 0 spiro atoms. The van der Waals surface area contributed by atoms with Gasteiger partial charge < -0.3 is 64.1 Å². The Kier molecular flexibility index (Phi) is 20.1. The number of rotatable bonds is 22. The van der Waals surface area contributed by atoms with Gasteiger partial charge in [-0.05, 0) is 124 Å². The maximum atomic E-state index is 15.0. The summed E-state index contributed by atoms with van der Waals surface area (Å²) >= 11 is 1.56. The number of nitrogens with two attached hydrogens (primary N) is 1. The summed E-state index contributed by atoms with van der Waals surface area (Å²) in [7, 11) is -2.72. The third-order valence-electron chi connectivity index (χ3n) is 19.4. The molecule has 4 N–H and O–H groups in total. The number of para-hydroxylation sites is 1. The molecule has 12 rings (SSSR count). The van der Waals surface area contributed by atoms with Crippen molar-refractivity contribution in [2.75, 3.05) is 79.0 Å². The van der Waals surface area contributed by atoms with Crippen LogP contribution in [0.2, 0.25) is 0 Å². The number of anilines is 4. The fraction of sp³-hybridized carbons (Fsp3) is 0.552. The molecule has 6 fully saturated rings. The van der Waals surface area contributed by atoms with Crippen LogP contribution in [0, 0.1) is 18.8 Å². The van der Waals surface area contributed by atoms with E-state index in [0.29, 0.717) is 51.2 Å². The van der Waals surface area contributed by atoms with Gasteiger partial charge in [0, 0.05) is 113 Å². The van der Waals surface area contributed by atoms with Crippen LogP contribution in [0.3, 0.4) is 0 Å². The number of phenolic OH excluding ortho intramolecular Hbond substituents is 1. The van der Waals surface area contributed by atoms with Crippen LogP contribution in [0.5, 0.6) is 11.6 Å². The number of hydrogen-bond donors (Lipinski definition) is 3. The number of nitrogen functional groups attached to an aromatic ring is 1. The first-order valence-electron chi connectivity index (χ1n) is 32.7. The van der Waals surface area contributed by atoms with E-state index >= 15 is 0 Å². The number of aromatic hydroxyl groups is 1. The highest BCUT2D eigenvalue weighted by Crippen LogP contribution is 2.42. The first kappa shape index (κ1) is 65.8. The second-order valence-electron chi connectivity index (χ2n) is 26.5. The van der Waals surface area contributed by atoms with Gasteiger partial charge in [0.05, 0.1) is 57.5 Å². The molecule has 9 heterocycles. The minimum absolute atomic E-state index is 0.0182. The molecule has 2 aromatic carbocycles. The Morgan fingerprint density at radius 1 is 0.828 bits per heavy atom. The van der Waals surface area contributed by atoms with Gasteiger partial charge in [-0.2, -0.15) is 0 Å². The van der Waals surface area contributed by atoms with E-state index in [1.165, 1.54) is 4.90 Å². The number of aryl methyl sites for hydroxylation is 1. The quantitative estimate of drug-likeness (QED) is 0.0421. The number of carbonyl (C=O) groups is 3. The number of amides is 2. The highest BCUT2D eigenvalue weighted by atomic mass is 33.1. The van der Waals surface area contributed by atoms with Crippen molar-refractivity contribution in [2.24, 2.45) is 11.8 Å². The van der Waals surface area contributed by atoms with Crippen LogP contribution in [0.4, 0.5) is 27.8 Å². The topological polar surface area (TPSA) is 274 Å². The van der Waals surface area contributed by atoms with Crippen LogP contribution in [-0.4, -0.2) is 179 Å². The Hall–Kier alpha value is -7.26. The summed E-state index contributed by atoms with van der Waals surface area (Å²) in [5, 5.41) is 26.1. The molecule has 6 aliphatic rings. The minimum atomic E-state index is -3.41. The molecule has 2 amide bonds. The molecular formula is C67H86N12O11S3. The second-order valence-corrected chi connectivity index (χ2v) is 32.0. The number of likely N-dealkylation sites (tertiary alicyclic amines) is 2. The van der Waals surface area contributed by atoms with Gasteiger partial charge in [-0.3, -0.25) is 9.59 Å². The summed E-state index contributed by atoms with van der Waals surface area (Å²) in [4.78, 5) is 63.8. The first-order valence-corrected chi connectivity index (χ1v) is 36.9. The monoisotopic (exact) mass is 1330 g/mol. The largest absolute Gasteiger partial charge is 0.508 e. The molecule has 5 aliphatic heterocycles. The van der Waals surface area contributed by atoms with Crippen molar-refractivity contribution in [3.05, 3.63) is 102 Å². The van der Waals surface area contributed by atoms with E-state index in [-0.39, 0.29) is 60.9 Å². The molecule has 1 saturated carbocycles. The molecule has 26 heteroatoms. The van der Waals surface area contributed by atoms with Crippen molar-refractivity contribution >= 4 is 72.0 Å². The van der Waals surface area contributed by atoms with Crippen LogP contribution in [-0.2, 0) is 32.7 Å². The lowest BCUT2D eigenvalue weighted by molar-refractivity contribution is -0.141. The molecule has 6 aromatic rings. The number of nitrogens with one attached hydrogen (secondary N) is 1. The smallest absolute Gasteiger partial charge is 0.507 e. The van der Waals surface area contributed by atoms with Gasteiger partial charge >= 0.3 is 6.16 Å². The summed E-state index contributed by atoms with van der Waals surface area (Å²) in [6.07, 6.45) is 8.51. The number of piperazine rings is 1. The maximum absolute atomic E-state index is 15.0. The van der Waals surface area contributed by atoms with E-state index in [0.717, 1.165) is 137 Å². The predicted molar refractivity (Wildman–Crippen MR) is 358 cm³/mol. The molecule has 4 aromatic heterocycles. The highest BCUT2D eigenvalue weighted by Gasteiger charge is 2.47. The highest BCUT2D eigenvalue weighted by molar-refractivity contribution is 8.72. The van der Waals surface area contributed by atoms with Crippen LogP contribution >= 0.6 is 22.1 Å². The number of phenols is 1. The Bertz CT molecular complexity index is 3690. The van der Waals surface area contributed by atoms with Gasteiger partial charge in [-0.15, -0.1) is 21.5 Å². The lowest BCUT2D eigenvalue weighted by atomic mass is 9.91. The summed E-state index contributed by atoms with van der Waals surface area (Å²) in [5.41, 5.74) is 14.2. The Balaban J connectivity index is 0.592. The Morgan fingerprint density at radius 2 is 1.56 bits per heavy atom. The van der Waals surface area contributed by atoms with Crippen LogP contribution in [0.1, 0.15) is 121 Å². The minimum Gasteiger partial charge on any atom is -0.507 e. The zero-order valence-electron chi connectivity index (χ0n) is 53.9. The molecule has 2 bridgehead atoms. The zero-order chi connectivity index (χ0) is 65.2. The number of thiazole rings is 1. The standard InChI is InChI=1S/C67H86N12O11S3/c1-39(2)62(66(82)78-37-53(89-67(83)86-42(5)43(6)92-93(7,84)85)31-57(78)65(81)71-40(3)45-12-14-46(15-13-45)63-41(4)70-38-91-63)59-33-60(74-90-59)76-26-19-44(20-27-76)34-75-24-21-50(22-25-75)87-51-29-52(30-51)88-61-28-47(18-23-69-61)79-48-16-17-49(79)36-77(35-48)56-32-55(72-73-64(56)68)54-10-8-9-11-58(54)80/h8-15,18,23,28,32-33,38-40,42-44,48-53,57,62,80H,16-17,19-22,24-27,29-31,34-37H2,1-7H3,(H2,68,73)(H,71,81)/t40-,42?,43?,48?,49?,51-,52-,53+,57-,62?/m0/s1. The van der Waals surface area contributed by atoms with E-state index in [9.17, 15) is 27.9 Å². The number of benzene rings is 2. The predicted octanol–water partition coefficient (Wildman–Crippen LogP) is 9.62. The lowest BCUT2D eigenvalue weighted by Crippen LogP contribution is -2.54. The van der Waals surface area contributed by atoms with Crippen LogP contribution in [0.25, 0.3) is 21.7 Å². The number of fused-ring (bicyclic) bond motifs is 2. The summed E-state index contributed by atoms with van der Waals surface area (Å²) in [5.74, 6) is 0.967. The van der Waals surface area contributed by atoms with E-state index in [4.69, 9.17) is 29.2 Å². The van der Waals surface area contributed by atoms with Gasteiger partial charge in [0.15, 0.2) is 26.3 Å². The first-order chi connectivity index (χ1) is 44.7. The normalized spacial score (nSPS) is 23.5. The van der Waals surface area contributed by atoms with Crippen molar-refractivity contribution in [3.63, 3.8) is 0 Å².